The summed E-state index contributed by atoms with van der Waals surface area (Å²) in [5.74, 6) is -0.0630. The van der Waals surface area contributed by atoms with E-state index in [1.807, 2.05) is 20.8 Å². The highest BCUT2D eigenvalue weighted by atomic mass is 32.2. The molecule has 7 heteroatoms. The summed E-state index contributed by atoms with van der Waals surface area (Å²) in [5, 5.41) is 2.89. The number of anilines is 1. The SMILES string of the molecule is CCN(CC)S(=O)(=O)c1cc(NC(=O)[C@H](C)[NH+]2CCCC2)ccc1C. The van der Waals surface area contributed by atoms with Gasteiger partial charge in [0.15, 0.2) is 6.04 Å². The van der Waals surface area contributed by atoms with Crippen molar-refractivity contribution in [3.63, 3.8) is 0 Å². The largest absolute Gasteiger partial charge is 0.325 e. The first kappa shape index (κ1) is 19.9. The highest BCUT2D eigenvalue weighted by Crippen LogP contribution is 2.23. The van der Waals surface area contributed by atoms with Crippen molar-refractivity contribution in [1.82, 2.24) is 4.31 Å². The average Bonchev–Trinajstić information content (AvgIpc) is 3.11. The monoisotopic (exact) mass is 368 g/mol. The Morgan fingerprint density at radius 1 is 1.24 bits per heavy atom. The van der Waals surface area contributed by atoms with E-state index in [2.05, 4.69) is 5.32 Å². The summed E-state index contributed by atoms with van der Waals surface area (Å²) in [4.78, 5) is 14.1. The topological polar surface area (TPSA) is 70.9 Å². The molecule has 1 saturated heterocycles. The number of benzene rings is 1. The fourth-order valence-corrected chi connectivity index (χ4v) is 5.07. The zero-order valence-corrected chi connectivity index (χ0v) is 16.4. The molecule has 0 bridgehead atoms. The van der Waals surface area contributed by atoms with Crippen LogP contribution in [0.15, 0.2) is 23.1 Å². The van der Waals surface area contributed by atoms with Crippen molar-refractivity contribution in [3.05, 3.63) is 23.8 Å². The van der Waals surface area contributed by atoms with E-state index in [0.717, 1.165) is 25.9 Å². The van der Waals surface area contributed by atoms with Crippen molar-refractivity contribution in [1.29, 1.82) is 0 Å². The number of nitrogens with zero attached hydrogens (tertiary/aromatic N) is 1. The number of carbonyl (C=O) groups is 1. The van der Waals surface area contributed by atoms with Crippen molar-refractivity contribution in [3.8, 4) is 0 Å². The van der Waals surface area contributed by atoms with E-state index in [1.165, 1.54) is 9.21 Å². The Hall–Kier alpha value is -1.44. The lowest BCUT2D eigenvalue weighted by molar-refractivity contribution is -0.901. The van der Waals surface area contributed by atoms with Gasteiger partial charge < -0.3 is 10.2 Å². The molecule has 140 valence electrons. The van der Waals surface area contributed by atoms with Gasteiger partial charge in [-0.3, -0.25) is 4.79 Å². The standard InChI is InChI=1S/C18H29N3O3S/c1-5-21(6-2)25(23,24)17-13-16(10-9-14(17)3)19-18(22)15(4)20-11-7-8-12-20/h9-10,13,15H,5-8,11-12H2,1-4H3,(H,19,22)/p+1/t15-/m0/s1. The van der Waals surface area contributed by atoms with Crippen LogP contribution in [0.25, 0.3) is 0 Å². The molecule has 0 aliphatic carbocycles. The Morgan fingerprint density at radius 3 is 2.40 bits per heavy atom. The smallest absolute Gasteiger partial charge is 0.282 e. The van der Waals surface area contributed by atoms with Crippen LogP contribution in [-0.2, 0) is 14.8 Å². The summed E-state index contributed by atoms with van der Waals surface area (Å²) >= 11 is 0. The van der Waals surface area contributed by atoms with Crippen LogP contribution >= 0.6 is 0 Å². The zero-order chi connectivity index (χ0) is 18.6. The first-order valence-electron chi connectivity index (χ1n) is 9.07. The number of likely N-dealkylation sites (tertiary alicyclic amines) is 1. The van der Waals surface area contributed by atoms with Gasteiger partial charge in [0.2, 0.25) is 10.0 Å². The van der Waals surface area contributed by atoms with Gasteiger partial charge in [-0.15, -0.1) is 0 Å². The summed E-state index contributed by atoms with van der Waals surface area (Å²) in [5.41, 5.74) is 1.22. The third-order valence-corrected chi connectivity index (χ3v) is 7.22. The minimum Gasteiger partial charge on any atom is -0.325 e. The molecule has 2 N–H and O–H groups in total. The number of aryl methyl sites for hydroxylation is 1. The van der Waals surface area contributed by atoms with Crippen LogP contribution in [0.3, 0.4) is 0 Å². The van der Waals surface area contributed by atoms with Crippen LogP contribution in [0, 0.1) is 6.92 Å². The molecule has 2 rings (SSSR count). The van der Waals surface area contributed by atoms with Crippen molar-refractivity contribution < 1.29 is 18.1 Å². The Kier molecular flexibility index (Phi) is 6.59. The maximum Gasteiger partial charge on any atom is 0.282 e. The maximum atomic E-state index is 12.8. The number of amides is 1. The highest BCUT2D eigenvalue weighted by molar-refractivity contribution is 7.89. The van der Waals surface area contributed by atoms with E-state index in [-0.39, 0.29) is 16.8 Å². The Morgan fingerprint density at radius 2 is 1.84 bits per heavy atom. The van der Waals surface area contributed by atoms with Gasteiger partial charge in [0.25, 0.3) is 5.91 Å². The molecule has 1 fully saturated rings. The molecular weight excluding hydrogens is 338 g/mol. The number of carbonyl (C=O) groups excluding carboxylic acids is 1. The van der Waals surface area contributed by atoms with Gasteiger partial charge in [-0.2, -0.15) is 4.31 Å². The maximum absolute atomic E-state index is 12.8. The predicted molar refractivity (Wildman–Crippen MR) is 99.3 cm³/mol. The molecule has 1 heterocycles. The lowest BCUT2D eigenvalue weighted by atomic mass is 10.2. The summed E-state index contributed by atoms with van der Waals surface area (Å²) in [7, 11) is -3.55. The Bertz CT molecular complexity index is 708. The predicted octanol–water partition coefficient (Wildman–Crippen LogP) is 1.03. The number of hydrogen-bond acceptors (Lipinski definition) is 3. The molecular formula is C18H30N3O3S+. The average molecular weight is 369 g/mol. The number of rotatable bonds is 7. The van der Waals surface area contributed by atoms with Crippen LogP contribution in [0.1, 0.15) is 39.2 Å². The Labute approximate surface area is 151 Å². The van der Waals surface area contributed by atoms with Gasteiger partial charge in [0, 0.05) is 31.6 Å². The minimum atomic E-state index is -3.55. The lowest BCUT2D eigenvalue weighted by Crippen LogP contribution is -3.14. The second-order valence-electron chi connectivity index (χ2n) is 6.65. The van der Waals surface area contributed by atoms with Gasteiger partial charge in [-0.1, -0.05) is 19.9 Å². The van der Waals surface area contributed by atoms with Gasteiger partial charge in [-0.05, 0) is 31.5 Å². The summed E-state index contributed by atoms with van der Waals surface area (Å²) < 4.78 is 27.0. The quantitative estimate of drug-likeness (QED) is 0.755. The van der Waals surface area contributed by atoms with Crippen LogP contribution in [-0.4, -0.2) is 50.9 Å². The van der Waals surface area contributed by atoms with Crippen LogP contribution in [0.2, 0.25) is 0 Å². The number of hydrogen-bond donors (Lipinski definition) is 2. The van der Waals surface area contributed by atoms with Crippen molar-refractivity contribution in [2.24, 2.45) is 0 Å². The second-order valence-corrected chi connectivity index (χ2v) is 8.55. The van der Waals surface area contributed by atoms with E-state index in [1.54, 1.807) is 25.1 Å². The van der Waals surface area contributed by atoms with Gasteiger partial charge in [0.1, 0.15) is 0 Å². The van der Waals surface area contributed by atoms with Crippen molar-refractivity contribution in [2.75, 3.05) is 31.5 Å². The first-order valence-corrected chi connectivity index (χ1v) is 10.5. The summed E-state index contributed by atoms with van der Waals surface area (Å²) in [6.45, 7) is 10.2. The van der Waals surface area contributed by atoms with E-state index in [0.29, 0.717) is 24.3 Å². The second kappa shape index (κ2) is 8.29. The molecule has 6 nitrogen and oxygen atoms in total. The summed E-state index contributed by atoms with van der Waals surface area (Å²) in [6.07, 6.45) is 2.31. The first-order chi connectivity index (χ1) is 11.8. The van der Waals surface area contributed by atoms with Crippen LogP contribution < -0.4 is 10.2 Å². The molecule has 1 aromatic rings. The van der Waals surface area contributed by atoms with Crippen LogP contribution in [0.4, 0.5) is 5.69 Å². The molecule has 1 atom stereocenters. The molecule has 1 aliphatic heterocycles. The third kappa shape index (κ3) is 4.40. The normalized spacial score (nSPS) is 17.0. The molecule has 1 aliphatic rings. The molecule has 0 aromatic heterocycles. The van der Waals surface area contributed by atoms with Gasteiger partial charge in [-0.25, -0.2) is 8.42 Å². The molecule has 1 amide bonds. The van der Waals surface area contributed by atoms with E-state index in [9.17, 15) is 13.2 Å². The van der Waals surface area contributed by atoms with E-state index >= 15 is 0 Å². The van der Waals surface area contributed by atoms with Gasteiger partial charge >= 0.3 is 0 Å². The van der Waals surface area contributed by atoms with Crippen LogP contribution in [0.5, 0.6) is 0 Å². The Balaban J connectivity index is 2.22. The molecule has 1 aromatic carbocycles. The van der Waals surface area contributed by atoms with Crippen molar-refractivity contribution in [2.45, 2.75) is 51.5 Å². The zero-order valence-electron chi connectivity index (χ0n) is 15.6. The van der Waals surface area contributed by atoms with Crippen molar-refractivity contribution >= 4 is 21.6 Å². The third-order valence-electron chi connectivity index (χ3n) is 5.03. The van der Waals surface area contributed by atoms with E-state index in [4.69, 9.17) is 0 Å². The summed E-state index contributed by atoms with van der Waals surface area (Å²) in [6, 6.07) is 4.96. The molecule has 0 radical (unpaired) electrons. The molecule has 25 heavy (non-hydrogen) atoms. The lowest BCUT2D eigenvalue weighted by Gasteiger charge is -2.22. The minimum absolute atomic E-state index is 0.0630. The number of quaternary nitrogens is 1. The highest BCUT2D eigenvalue weighted by Gasteiger charge is 2.28. The molecule has 0 unspecified atom stereocenters. The number of nitrogens with one attached hydrogen (secondary N) is 2. The van der Waals surface area contributed by atoms with E-state index < -0.39 is 10.0 Å². The molecule has 0 saturated carbocycles. The fourth-order valence-electron chi connectivity index (χ4n) is 3.36. The number of sulfonamides is 1. The molecule has 0 spiro atoms. The van der Waals surface area contributed by atoms with Gasteiger partial charge in [0.05, 0.1) is 18.0 Å². The fraction of sp³-hybridized carbons (Fsp3) is 0.611.